The Labute approximate surface area is 141 Å². The van der Waals surface area contributed by atoms with Crippen molar-refractivity contribution < 1.29 is 8.76 Å². The summed E-state index contributed by atoms with van der Waals surface area (Å²) in [6.07, 6.45) is 0. The average molecular weight is 359 g/mol. The molecule has 0 aliphatic heterocycles. The highest BCUT2D eigenvalue weighted by Crippen LogP contribution is 2.60. The molecule has 3 aromatic rings. The van der Waals surface area contributed by atoms with Gasteiger partial charge in [-0.2, -0.15) is 4.21 Å². The van der Waals surface area contributed by atoms with Gasteiger partial charge in [0, 0.05) is 0 Å². The zero-order valence-electron chi connectivity index (χ0n) is 12.3. The van der Waals surface area contributed by atoms with Gasteiger partial charge in [-0.25, -0.2) is 0 Å². The topological polar surface area (TPSA) is 37.3 Å². The molecule has 0 fully saturated rings. The summed E-state index contributed by atoms with van der Waals surface area (Å²) in [6, 6.07) is 28.4. The second-order valence-corrected chi connectivity index (χ2v) is 14.0. The lowest BCUT2D eigenvalue weighted by Gasteiger charge is -2.25. The summed E-state index contributed by atoms with van der Waals surface area (Å²) in [6.45, 7) is -2.84. The molecule has 116 valence electrons. The molecule has 0 aromatic heterocycles. The molecular formula is C18H16O2PS2+. The number of hydrogen-bond donors (Lipinski definition) is 1. The molecule has 3 aromatic carbocycles. The monoisotopic (exact) mass is 359 g/mol. The highest BCUT2D eigenvalue weighted by Gasteiger charge is 2.54. The first kappa shape index (κ1) is 16.3. The number of hydrogen-bond acceptors (Lipinski definition) is 2. The smallest absolute Gasteiger partial charge is 0.271 e. The van der Waals surface area contributed by atoms with Crippen molar-refractivity contribution in [2.75, 3.05) is 0 Å². The Morgan fingerprint density at radius 3 is 1.13 bits per heavy atom. The van der Waals surface area contributed by atoms with E-state index in [0.717, 1.165) is 15.9 Å². The van der Waals surface area contributed by atoms with Gasteiger partial charge in [0.1, 0.15) is 15.9 Å². The molecule has 0 saturated heterocycles. The van der Waals surface area contributed by atoms with Gasteiger partial charge in [-0.1, -0.05) is 54.6 Å². The molecule has 23 heavy (non-hydrogen) atoms. The van der Waals surface area contributed by atoms with E-state index < -0.39 is 14.9 Å². The highest BCUT2D eigenvalue weighted by atomic mass is 33.1. The summed E-state index contributed by atoms with van der Waals surface area (Å²) in [5.41, 5.74) is 0. The molecule has 0 saturated carbocycles. The summed E-state index contributed by atoms with van der Waals surface area (Å²) < 4.78 is 23.7. The molecular weight excluding hydrogens is 343 g/mol. The molecule has 0 bridgehead atoms. The zero-order valence-corrected chi connectivity index (χ0v) is 14.8. The minimum atomic E-state index is -3.54. The molecule has 0 heterocycles. The Balaban J connectivity index is 2.46. The van der Waals surface area contributed by atoms with Crippen LogP contribution in [-0.2, 0) is 19.6 Å². The van der Waals surface area contributed by atoms with E-state index in [1.165, 1.54) is 0 Å². The van der Waals surface area contributed by atoms with Crippen molar-refractivity contribution in [1.82, 2.24) is 0 Å². The van der Waals surface area contributed by atoms with E-state index in [9.17, 15) is 8.76 Å². The second-order valence-electron chi connectivity index (χ2n) is 5.06. The van der Waals surface area contributed by atoms with E-state index in [1.54, 1.807) is 0 Å². The maximum atomic E-state index is 13.0. The van der Waals surface area contributed by atoms with Gasteiger partial charge < -0.3 is 0 Å². The predicted molar refractivity (Wildman–Crippen MR) is 103 cm³/mol. The largest absolute Gasteiger partial charge is 0.277 e. The highest BCUT2D eigenvalue weighted by molar-refractivity contribution is 8.77. The van der Waals surface area contributed by atoms with E-state index >= 15 is 0 Å². The van der Waals surface area contributed by atoms with Crippen molar-refractivity contribution in [3.05, 3.63) is 91.0 Å². The minimum Gasteiger partial charge on any atom is -0.277 e. The van der Waals surface area contributed by atoms with Crippen molar-refractivity contribution in [2.24, 2.45) is 0 Å². The van der Waals surface area contributed by atoms with Crippen LogP contribution in [0, 0.1) is 0 Å². The molecule has 3 rings (SSSR count). The number of benzene rings is 3. The standard InChI is InChI=1S/C18H15O2PS2/c19-23(20,22)21(16-10-4-1-5-11-16,17-12-6-2-7-13-17)18-14-8-3-9-15-18/h1-15H/p+1. The van der Waals surface area contributed by atoms with E-state index in [-0.39, 0.29) is 0 Å². The Kier molecular flexibility index (Phi) is 4.60. The van der Waals surface area contributed by atoms with Crippen molar-refractivity contribution in [3.63, 3.8) is 0 Å². The van der Waals surface area contributed by atoms with Gasteiger partial charge >= 0.3 is 0 Å². The van der Waals surface area contributed by atoms with Crippen LogP contribution in [0.3, 0.4) is 0 Å². The van der Waals surface area contributed by atoms with Crippen LogP contribution in [0.25, 0.3) is 0 Å². The third kappa shape index (κ3) is 2.84. The first-order chi connectivity index (χ1) is 11.1. The summed E-state index contributed by atoms with van der Waals surface area (Å²) >= 11 is 5.20. The third-order valence-electron chi connectivity index (χ3n) is 3.71. The molecule has 1 N–H and O–H groups in total. The summed E-state index contributed by atoms with van der Waals surface area (Å²) in [7, 11) is -3.54. The Morgan fingerprint density at radius 1 is 0.652 bits per heavy atom. The molecule has 0 radical (unpaired) electrons. The Hall–Kier alpha value is -1.58. The Morgan fingerprint density at radius 2 is 0.913 bits per heavy atom. The summed E-state index contributed by atoms with van der Waals surface area (Å²) in [4.78, 5) is 0. The molecule has 0 amide bonds. The fourth-order valence-electron chi connectivity index (χ4n) is 2.76. The molecule has 0 aliphatic carbocycles. The Bertz CT molecular complexity index is 783. The summed E-state index contributed by atoms with van der Waals surface area (Å²) in [5, 5.41) is 2.46. The maximum absolute atomic E-state index is 13.0. The van der Waals surface area contributed by atoms with Crippen molar-refractivity contribution in [3.8, 4) is 0 Å². The van der Waals surface area contributed by atoms with Crippen LogP contribution < -0.4 is 15.9 Å². The van der Waals surface area contributed by atoms with Crippen LogP contribution in [0.1, 0.15) is 0 Å². The fraction of sp³-hybridized carbons (Fsp3) is 0. The molecule has 0 spiro atoms. The zero-order chi connectivity index (χ0) is 16.3. The normalized spacial score (nSPS) is 14.1. The molecule has 1 atom stereocenters. The number of rotatable bonds is 4. The van der Waals surface area contributed by atoms with Crippen LogP contribution >= 0.6 is 6.46 Å². The molecule has 0 aliphatic rings. The molecule has 1 unspecified atom stereocenters. The van der Waals surface area contributed by atoms with Crippen LogP contribution in [0.5, 0.6) is 0 Å². The lowest BCUT2D eigenvalue weighted by atomic mass is 10.4. The van der Waals surface area contributed by atoms with Crippen LogP contribution in [0.15, 0.2) is 91.0 Å². The lowest BCUT2D eigenvalue weighted by Crippen LogP contribution is -2.35. The van der Waals surface area contributed by atoms with E-state index in [4.69, 9.17) is 11.2 Å². The first-order valence-corrected chi connectivity index (χ1v) is 11.9. The lowest BCUT2D eigenvalue weighted by molar-refractivity contribution is 0.577. The van der Waals surface area contributed by atoms with Gasteiger partial charge in [-0.3, -0.25) is 4.55 Å². The van der Waals surface area contributed by atoms with Gasteiger partial charge in [0.25, 0.3) is 8.39 Å². The summed E-state index contributed by atoms with van der Waals surface area (Å²) in [5.74, 6) is 0. The van der Waals surface area contributed by atoms with Crippen LogP contribution in [0.2, 0.25) is 0 Å². The van der Waals surface area contributed by atoms with Gasteiger partial charge in [0.15, 0.2) is 0 Å². The quantitative estimate of drug-likeness (QED) is 0.728. The predicted octanol–water partition coefficient (Wildman–Crippen LogP) is 3.11. The van der Waals surface area contributed by atoms with Crippen LogP contribution in [0.4, 0.5) is 0 Å². The first-order valence-electron chi connectivity index (χ1n) is 7.10. The second kappa shape index (κ2) is 6.50. The van der Waals surface area contributed by atoms with E-state index in [0.29, 0.717) is 0 Å². The van der Waals surface area contributed by atoms with Gasteiger partial charge in [-0.15, -0.1) is 0 Å². The van der Waals surface area contributed by atoms with Crippen molar-refractivity contribution in [1.29, 1.82) is 0 Å². The average Bonchev–Trinajstić information content (AvgIpc) is 2.57. The van der Waals surface area contributed by atoms with E-state index in [2.05, 4.69) is 0 Å². The minimum absolute atomic E-state index is 0.819. The molecule has 5 heteroatoms. The maximum Gasteiger partial charge on any atom is 0.271 e. The molecule has 2 nitrogen and oxygen atoms in total. The van der Waals surface area contributed by atoms with Crippen molar-refractivity contribution in [2.45, 2.75) is 0 Å². The van der Waals surface area contributed by atoms with Crippen molar-refractivity contribution >= 4 is 42.0 Å². The van der Waals surface area contributed by atoms with Gasteiger partial charge in [0.2, 0.25) is 6.46 Å². The third-order valence-corrected chi connectivity index (χ3v) is 13.5. The SMILES string of the molecule is O=S(O)(=S)[P+](c1ccccc1)(c1ccccc1)c1ccccc1. The van der Waals surface area contributed by atoms with Gasteiger partial charge in [0.05, 0.1) is 11.2 Å². The van der Waals surface area contributed by atoms with E-state index in [1.807, 2.05) is 91.0 Å². The fourth-order valence-corrected chi connectivity index (χ4v) is 12.0. The van der Waals surface area contributed by atoms with Gasteiger partial charge in [-0.05, 0) is 36.4 Å². The van der Waals surface area contributed by atoms with Crippen LogP contribution in [-0.4, -0.2) is 8.76 Å².